The van der Waals surface area contributed by atoms with Gasteiger partial charge in [-0.3, -0.25) is 9.48 Å². The molecule has 0 spiro atoms. The predicted octanol–water partition coefficient (Wildman–Crippen LogP) is 3.11. The smallest absolute Gasteiger partial charge is 0.254 e. The first-order valence-corrected chi connectivity index (χ1v) is 8.66. The zero-order valence-electron chi connectivity index (χ0n) is 14.4. The molecule has 24 heavy (non-hydrogen) atoms. The number of carbonyl (C=O) groups is 1. The molecule has 0 aliphatic carbocycles. The zero-order chi connectivity index (χ0) is 16.9. The van der Waals surface area contributed by atoms with Gasteiger partial charge in [0.2, 0.25) is 0 Å². The van der Waals surface area contributed by atoms with E-state index in [1.165, 1.54) is 11.1 Å². The van der Waals surface area contributed by atoms with Crippen LogP contribution in [0.3, 0.4) is 0 Å². The minimum atomic E-state index is -0.0667. The molecule has 1 aliphatic heterocycles. The van der Waals surface area contributed by atoms with Gasteiger partial charge in [0.05, 0.1) is 17.9 Å². The van der Waals surface area contributed by atoms with Crippen LogP contribution < -0.4 is 5.32 Å². The molecule has 5 heteroatoms. The Labute approximate surface area is 143 Å². The van der Waals surface area contributed by atoms with Gasteiger partial charge >= 0.3 is 0 Å². The van der Waals surface area contributed by atoms with Crippen LogP contribution in [0, 0.1) is 12.8 Å². The maximum absolute atomic E-state index is 12.3. The maximum atomic E-state index is 12.3. The summed E-state index contributed by atoms with van der Waals surface area (Å²) in [6.07, 6.45) is 5.56. The largest absolute Gasteiger partial charge is 0.373 e. The molecule has 3 rings (SSSR count). The average Bonchev–Trinajstić information content (AvgIpc) is 3.10. The van der Waals surface area contributed by atoms with E-state index < -0.39 is 0 Å². The van der Waals surface area contributed by atoms with Crippen molar-refractivity contribution >= 4 is 5.91 Å². The number of carbonyl (C=O) groups excluding carboxylic acids is 1. The number of ether oxygens (including phenoxy) is 1. The van der Waals surface area contributed by atoms with Crippen molar-refractivity contribution in [1.82, 2.24) is 15.1 Å². The normalized spacial score (nSPS) is 20.8. The van der Waals surface area contributed by atoms with E-state index in [-0.39, 0.29) is 12.0 Å². The van der Waals surface area contributed by atoms with E-state index in [4.69, 9.17) is 4.74 Å². The molecule has 1 N–H and O–H groups in total. The molecule has 0 radical (unpaired) electrons. The van der Waals surface area contributed by atoms with Crippen LogP contribution >= 0.6 is 0 Å². The second-order valence-electron chi connectivity index (χ2n) is 6.40. The molecule has 128 valence electrons. The van der Waals surface area contributed by atoms with Gasteiger partial charge in [0.15, 0.2) is 0 Å². The number of hydrogen-bond acceptors (Lipinski definition) is 3. The van der Waals surface area contributed by atoms with Gasteiger partial charge in [-0.2, -0.15) is 5.10 Å². The Balaban J connectivity index is 1.63. The monoisotopic (exact) mass is 327 g/mol. The molecule has 1 aliphatic rings. The van der Waals surface area contributed by atoms with E-state index in [0.717, 1.165) is 26.0 Å². The highest BCUT2D eigenvalue weighted by Crippen LogP contribution is 2.33. The molecule has 2 atom stereocenters. The number of nitrogens with zero attached hydrogens (tertiary/aromatic N) is 2. The third-order valence-electron chi connectivity index (χ3n) is 4.59. The van der Waals surface area contributed by atoms with Crippen molar-refractivity contribution in [2.24, 2.45) is 5.92 Å². The lowest BCUT2D eigenvalue weighted by Gasteiger charge is -2.32. The summed E-state index contributed by atoms with van der Waals surface area (Å²) in [5.74, 6) is 0.231. The molecule has 1 aromatic heterocycles. The summed E-state index contributed by atoms with van der Waals surface area (Å²) in [6.45, 7) is 6.25. The molecule has 2 heterocycles. The fourth-order valence-electron chi connectivity index (χ4n) is 3.16. The lowest BCUT2D eigenvalue weighted by Crippen LogP contribution is -2.35. The van der Waals surface area contributed by atoms with Gasteiger partial charge in [-0.15, -0.1) is 0 Å². The van der Waals surface area contributed by atoms with Gasteiger partial charge in [0.25, 0.3) is 5.91 Å². The highest BCUT2D eigenvalue weighted by atomic mass is 16.5. The van der Waals surface area contributed by atoms with Crippen molar-refractivity contribution in [1.29, 1.82) is 0 Å². The van der Waals surface area contributed by atoms with Crippen LogP contribution in [0.15, 0.2) is 36.7 Å². The summed E-state index contributed by atoms with van der Waals surface area (Å²) >= 11 is 0. The number of aromatic nitrogens is 2. The van der Waals surface area contributed by atoms with E-state index in [2.05, 4.69) is 41.6 Å². The quantitative estimate of drug-likeness (QED) is 0.918. The first-order chi connectivity index (χ1) is 11.7. The molecule has 0 bridgehead atoms. The van der Waals surface area contributed by atoms with Crippen molar-refractivity contribution in [3.63, 3.8) is 0 Å². The fourth-order valence-corrected chi connectivity index (χ4v) is 3.16. The Hall–Kier alpha value is -2.14. The Morgan fingerprint density at radius 2 is 2.17 bits per heavy atom. The molecule has 2 aromatic rings. The van der Waals surface area contributed by atoms with Gasteiger partial charge in [0, 0.05) is 31.8 Å². The molecular weight excluding hydrogens is 302 g/mol. The SMILES string of the molecule is CCn1cc(C(=O)NC[C@@H]2CCCO[C@@H]2c2ccc(C)cc2)cn1. The highest BCUT2D eigenvalue weighted by Gasteiger charge is 2.28. The Morgan fingerprint density at radius 3 is 2.88 bits per heavy atom. The molecule has 1 saturated heterocycles. The number of aryl methyl sites for hydroxylation is 2. The van der Waals surface area contributed by atoms with Gasteiger partial charge in [-0.25, -0.2) is 0 Å². The van der Waals surface area contributed by atoms with Crippen LogP contribution in [0.5, 0.6) is 0 Å². The van der Waals surface area contributed by atoms with Gasteiger partial charge in [0.1, 0.15) is 0 Å². The third kappa shape index (κ3) is 3.85. The second-order valence-corrected chi connectivity index (χ2v) is 6.40. The van der Waals surface area contributed by atoms with Crippen LogP contribution in [0.2, 0.25) is 0 Å². The first kappa shape index (κ1) is 16.7. The van der Waals surface area contributed by atoms with E-state index in [9.17, 15) is 4.79 Å². The topological polar surface area (TPSA) is 56.2 Å². The Kier molecular flexibility index (Phi) is 5.30. The fraction of sp³-hybridized carbons (Fsp3) is 0.474. The summed E-state index contributed by atoms with van der Waals surface area (Å²) in [6, 6.07) is 8.49. The predicted molar refractivity (Wildman–Crippen MR) is 92.8 cm³/mol. The number of rotatable bonds is 5. The lowest BCUT2D eigenvalue weighted by atomic mass is 9.89. The molecular formula is C19H25N3O2. The van der Waals surface area contributed by atoms with Crippen molar-refractivity contribution in [2.75, 3.05) is 13.2 Å². The summed E-state index contributed by atoms with van der Waals surface area (Å²) < 4.78 is 7.77. The van der Waals surface area contributed by atoms with Gasteiger partial charge < -0.3 is 10.1 Å². The molecule has 1 amide bonds. The molecule has 1 aromatic carbocycles. The third-order valence-corrected chi connectivity index (χ3v) is 4.59. The number of benzene rings is 1. The summed E-state index contributed by atoms with van der Waals surface area (Å²) in [4.78, 5) is 12.3. The summed E-state index contributed by atoms with van der Waals surface area (Å²) in [7, 11) is 0. The Bertz CT molecular complexity index is 678. The van der Waals surface area contributed by atoms with Crippen LogP contribution in [0.1, 0.15) is 47.4 Å². The molecule has 0 saturated carbocycles. The van der Waals surface area contributed by atoms with E-state index in [0.29, 0.717) is 18.0 Å². The maximum Gasteiger partial charge on any atom is 0.254 e. The van der Waals surface area contributed by atoms with E-state index in [1.807, 2.05) is 6.92 Å². The highest BCUT2D eigenvalue weighted by molar-refractivity contribution is 5.93. The van der Waals surface area contributed by atoms with Gasteiger partial charge in [-0.05, 0) is 32.3 Å². The first-order valence-electron chi connectivity index (χ1n) is 8.66. The number of hydrogen-bond donors (Lipinski definition) is 1. The lowest BCUT2D eigenvalue weighted by molar-refractivity contribution is -0.0272. The van der Waals surface area contributed by atoms with E-state index >= 15 is 0 Å². The van der Waals surface area contributed by atoms with Crippen molar-refractivity contribution in [2.45, 2.75) is 39.3 Å². The standard InChI is InChI=1S/C19H25N3O2/c1-3-22-13-17(12-21-22)19(23)20-11-16-5-4-10-24-18(16)15-8-6-14(2)7-9-15/h6-9,12-13,16,18H,3-5,10-11H2,1-2H3,(H,20,23)/t16-,18+/m0/s1. The minimum Gasteiger partial charge on any atom is -0.373 e. The number of amides is 1. The van der Waals surface area contributed by atoms with Crippen LogP contribution in [-0.2, 0) is 11.3 Å². The van der Waals surface area contributed by atoms with Crippen molar-refractivity contribution in [3.8, 4) is 0 Å². The van der Waals surface area contributed by atoms with Crippen LogP contribution in [-0.4, -0.2) is 28.8 Å². The zero-order valence-corrected chi connectivity index (χ0v) is 14.4. The molecule has 5 nitrogen and oxygen atoms in total. The van der Waals surface area contributed by atoms with Crippen molar-refractivity contribution in [3.05, 3.63) is 53.3 Å². The van der Waals surface area contributed by atoms with Crippen molar-refractivity contribution < 1.29 is 9.53 Å². The minimum absolute atomic E-state index is 0.0537. The van der Waals surface area contributed by atoms with Crippen LogP contribution in [0.4, 0.5) is 0 Å². The Morgan fingerprint density at radius 1 is 1.38 bits per heavy atom. The van der Waals surface area contributed by atoms with Gasteiger partial charge in [-0.1, -0.05) is 29.8 Å². The second kappa shape index (κ2) is 7.62. The van der Waals surface area contributed by atoms with E-state index in [1.54, 1.807) is 17.1 Å². The average molecular weight is 327 g/mol. The molecule has 0 unspecified atom stereocenters. The number of nitrogens with one attached hydrogen (secondary N) is 1. The summed E-state index contributed by atoms with van der Waals surface area (Å²) in [5, 5.41) is 7.20. The van der Waals surface area contributed by atoms with Crippen LogP contribution in [0.25, 0.3) is 0 Å². The molecule has 1 fully saturated rings. The summed E-state index contributed by atoms with van der Waals surface area (Å²) in [5.41, 5.74) is 3.05.